The molecule has 1 fully saturated rings. The van der Waals surface area contributed by atoms with Gasteiger partial charge in [0.15, 0.2) is 0 Å². The van der Waals surface area contributed by atoms with E-state index < -0.39 is 5.54 Å². The minimum absolute atomic E-state index is 0.0285. The molecule has 0 aliphatic carbocycles. The smallest absolute Gasteiger partial charge is 0.244 e. The molecule has 2 heterocycles. The highest BCUT2D eigenvalue weighted by Gasteiger charge is 2.35. The number of nitrogens with one attached hydrogen (secondary N) is 2. The Morgan fingerprint density at radius 1 is 1.33 bits per heavy atom. The lowest BCUT2D eigenvalue weighted by atomic mass is 10.0. The first kappa shape index (κ1) is 12.9. The fourth-order valence-electron chi connectivity index (χ4n) is 2.02. The van der Waals surface area contributed by atoms with Crippen molar-refractivity contribution in [3.05, 3.63) is 18.7 Å². The van der Waals surface area contributed by atoms with Crippen LogP contribution in [-0.2, 0) is 4.79 Å². The van der Waals surface area contributed by atoms with E-state index in [9.17, 15) is 4.79 Å². The van der Waals surface area contributed by atoms with E-state index in [0.29, 0.717) is 5.69 Å². The number of anilines is 1. The highest BCUT2D eigenvalue weighted by atomic mass is 16.2. The van der Waals surface area contributed by atoms with E-state index in [1.54, 1.807) is 12.4 Å². The van der Waals surface area contributed by atoms with Crippen molar-refractivity contribution in [2.24, 2.45) is 0 Å². The van der Waals surface area contributed by atoms with Gasteiger partial charge in [-0.15, -0.1) is 0 Å². The first-order chi connectivity index (χ1) is 8.60. The molecule has 2 N–H and O–H groups in total. The van der Waals surface area contributed by atoms with Gasteiger partial charge >= 0.3 is 0 Å². The molecule has 1 saturated heterocycles. The SMILES string of the molecule is CC(C)(C(=O)Nc1cncnc1)N1CCNCC1. The van der Waals surface area contributed by atoms with Crippen LogP contribution in [0.4, 0.5) is 5.69 Å². The minimum Gasteiger partial charge on any atom is -0.322 e. The topological polar surface area (TPSA) is 70.2 Å². The number of amides is 1. The van der Waals surface area contributed by atoms with Crippen molar-refractivity contribution >= 4 is 11.6 Å². The fraction of sp³-hybridized carbons (Fsp3) is 0.583. The number of nitrogens with zero attached hydrogens (tertiary/aromatic N) is 3. The van der Waals surface area contributed by atoms with Gasteiger partial charge in [0.25, 0.3) is 0 Å². The third-order valence-electron chi connectivity index (χ3n) is 3.28. The van der Waals surface area contributed by atoms with E-state index in [1.807, 2.05) is 13.8 Å². The normalized spacial score (nSPS) is 17.4. The monoisotopic (exact) mass is 249 g/mol. The molecule has 0 saturated carbocycles. The summed E-state index contributed by atoms with van der Waals surface area (Å²) in [5.41, 5.74) is 0.100. The maximum Gasteiger partial charge on any atom is 0.244 e. The largest absolute Gasteiger partial charge is 0.322 e. The van der Waals surface area contributed by atoms with Crippen molar-refractivity contribution < 1.29 is 4.79 Å². The summed E-state index contributed by atoms with van der Waals surface area (Å²) in [6.45, 7) is 7.49. The van der Waals surface area contributed by atoms with E-state index in [-0.39, 0.29) is 5.91 Å². The van der Waals surface area contributed by atoms with Crippen molar-refractivity contribution in [1.29, 1.82) is 0 Å². The summed E-state index contributed by atoms with van der Waals surface area (Å²) in [5, 5.41) is 6.14. The summed E-state index contributed by atoms with van der Waals surface area (Å²) in [5.74, 6) is -0.0285. The van der Waals surface area contributed by atoms with Gasteiger partial charge < -0.3 is 10.6 Å². The molecule has 98 valence electrons. The summed E-state index contributed by atoms with van der Waals surface area (Å²) in [4.78, 5) is 22.3. The van der Waals surface area contributed by atoms with Crippen molar-refractivity contribution in [1.82, 2.24) is 20.2 Å². The van der Waals surface area contributed by atoms with Crippen LogP contribution in [0.15, 0.2) is 18.7 Å². The average molecular weight is 249 g/mol. The second-order valence-electron chi connectivity index (χ2n) is 4.88. The maximum absolute atomic E-state index is 12.3. The Bertz CT molecular complexity index is 400. The van der Waals surface area contributed by atoms with E-state index in [0.717, 1.165) is 26.2 Å². The van der Waals surface area contributed by atoms with Crippen LogP contribution >= 0.6 is 0 Å². The fourth-order valence-corrected chi connectivity index (χ4v) is 2.02. The molecule has 1 aromatic heterocycles. The summed E-state index contributed by atoms with van der Waals surface area (Å²) >= 11 is 0. The van der Waals surface area contributed by atoms with Crippen LogP contribution < -0.4 is 10.6 Å². The summed E-state index contributed by atoms with van der Waals surface area (Å²) < 4.78 is 0. The van der Waals surface area contributed by atoms with Gasteiger partial charge in [-0.05, 0) is 13.8 Å². The van der Waals surface area contributed by atoms with E-state index in [1.165, 1.54) is 6.33 Å². The third kappa shape index (κ3) is 2.83. The predicted molar refractivity (Wildman–Crippen MR) is 69.2 cm³/mol. The highest BCUT2D eigenvalue weighted by Crippen LogP contribution is 2.17. The van der Waals surface area contributed by atoms with Gasteiger partial charge in [0.1, 0.15) is 6.33 Å². The average Bonchev–Trinajstić information content (AvgIpc) is 2.41. The van der Waals surface area contributed by atoms with E-state index in [2.05, 4.69) is 25.5 Å². The molecular weight excluding hydrogens is 230 g/mol. The second kappa shape index (κ2) is 5.41. The summed E-state index contributed by atoms with van der Waals surface area (Å²) in [6.07, 6.45) is 4.63. The number of carbonyl (C=O) groups excluding carboxylic acids is 1. The second-order valence-corrected chi connectivity index (χ2v) is 4.88. The van der Waals surface area contributed by atoms with E-state index in [4.69, 9.17) is 0 Å². The quantitative estimate of drug-likeness (QED) is 0.795. The van der Waals surface area contributed by atoms with Crippen molar-refractivity contribution in [2.75, 3.05) is 31.5 Å². The lowest BCUT2D eigenvalue weighted by Crippen LogP contribution is -2.58. The molecule has 0 spiro atoms. The minimum atomic E-state index is -0.530. The van der Waals surface area contributed by atoms with Gasteiger partial charge in [-0.1, -0.05) is 0 Å². The number of aromatic nitrogens is 2. The van der Waals surface area contributed by atoms with Crippen LogP contribution in [0.2, 0.25) is 0 Å². The van der Waals surface area contributed by atoms with Gasteiger partial charge in [-0.3, -0.25) is 9.69 Å². The van der Waals surface area contributed by atoms with Gasteiger partial charge in [0.2, 0.25) is 5.91 Å². The number of piperazine rings is 1. The standard InChI is InChI=1S/C12H19N5O/c1-12(2,17-5-3-13-4-6-17)11(18)16-10-7-14-9-15-8-10/h7-9,13H,3-6H2,1-2H3,(H,16,18). The number of hydrogen-bond acceptors (Lipinski definition) is 5. The highest BCUT2D eigenvalue weighted by molar-refractivity contribution is 5.97. The van der Waals surface area contributed by atoms with Gasteiger partial charge in [-0.25, -0.2) is 9.97 Å². The number of carbonyl (C=O) groups is 1. The Hall–Kier alpha value is -1.53. The van der Waals surface area contributed by atoms with Crippen LogP contribution in [0.3, 0.4) is 0 Å². The first-order valence-corrected chi connectivity index (χ1v) is 6.13. The van der Waals surface area contributed by atoms with Crippen molar-refractivity contribution in [3.8, 4) is 0 Å². The Labute approximate surface area is 107 Å². The molecule has 0 radical (unpaired) electrons. The number of rotatable bonds is 3. The summed E-state index contributed by atoms with van der Waals surface area (Å²) in [7, 11) is 0. The number of hydrogen-bond donors (Lipinski definition) is 2. The molecule has 2 rings (SSSR count). The van der Waals surface area contributed by atoms with Gasteiger partial charge in [-0.2, -0.15) is 0 Å². The molecule has 0 aromatic carbocycles. The molecule has 1 amide bonds. The Kier molecular flexibility index (Phi) is 3.88. The van der Waals surface area contributed by atoms with Crippen molar-refractivity contribution in [2.45, 2.75) is 19.4 Å². The van der Waals surface area contributed by atoms with Crippen LogP contribution in [0.5, 0.6) is 0 Å². The van der Waals surface area contributed by atoms with E-state index >= 15 is 0 Å². The zero-order valence-electron chi connectivity index (χ0n) is 10.8. The lowest BCUT2D eigenvalue weighted by molar-refractivity contribution is -0.126. The third-order valence-corrected chi connectivity index (χ3v) is 3.28. The van der Waals surface area contributed by atoms with Gasteiger partial charge in [0.05, 0.1) is 23.6 Å². The van der Waals surface area contributed by atoms with Crippen LogP contribution in [0.1, 0.15) is 13.8 Å². The Morgan fingerprint density at radius 3 is 2.56 bits per heavy atom. The molecule has 0 unspecified atom stereocenters. The van der Waals surface area contributed by atoms with Crippen LogP contribution in [-0.4, -0.2) is 52.5 Å². The predicted octanol–water partition coefficient (Wildman–Crippen LogP) is 0.0989. The lowest BCUT2D eigenvalue weighted by Gasteiger charge is -2.39. The molecule has 0 atom stereocenters. The maximum atomic E-state index is 12.3. The first-order valence-electron chi connectivity index (χ1n) is 6.13. The molecule has 18 heavy (non-hydrogen) atoms. The Morgan fingerprint density at radius 2 is 1.94 bits per heavy atom. The zero-order chi connectivity index (χ0) is 13.0. The zero-order valence-corrected chi connectivity index (χ0v) is 10.8. The van der Waals surface area contributed by atoms with Crippen molar-refractivity contribution in [3.63, 3.8) is 0 Å². The molecular formula is C12H19N5O. The molecule has 6 heteroatoms. The molecule has 6 nitrogen and oxygen atoms in total. The Balaban J connectivity index is 2.02. The molecule has 0 bridgehead atoms. The summed E-state index contributed by atoms with van der Waals surface area (Å²) in [6, 6.07) is 0. The van der Waals surface area contributed by atoms with Crippen LogP contribution in [0.25, 0.3) is 0 Å². The van der Waals surface area contributed by atoms with Crippen LogP contribution in [0, 0.1) is 0 Å². The molecule has 1 aromatic rings. The molecule has 1 aliphatic heterocycles. The molecule has 1 aliphatic rings. The van der Waals surface area contributed by atoms with Gasteiger partial charge in [0, 0.05) is 26.2 Å².